The summed E-state index contributed by atoms with van der Waals surface area (Å²) in [6.07, 6.45) is 38.3. The number of carbonyl (C=O) groups is 2. The lowest BCUT2D eigenvalue weighted by molar-refractivity contribution is -0.136. The molecular formula is C40H75NO2. The molecule has 252 valence electrons. The predicted octanol–water partition coefficient (Wildman–Crippen LogP) is 12.6. The number of amides is 2. The smallest absolute Gasteiger partial charge is 0.253 e. The fraction of sp³-hybridized carbons (Fsp3) is 0.900. The van der Waals surface area contributed by atoms with Crippen LogP contribution in [-0.2, 0) is 9.59 Å². The lowest BCUT2D eigenvalue weighted by Crippen LogP contribution is -2.30. The van der Waals surface area contributed by atoms with Gasteiger partial charge in [-0.2, -0.15) is 0 Å². The molecular weight excluding hydrogens is 526 g/mol. The van der Waals surface area contributed by atoms with Crippen LogP contribution >= 0.6 is 0 Å². The zero-order chi connectivity index (χ0) is 31.5. The third kappa shape index (κ3) is 18.4. The summed E-state index contributed by atoms with van der Waals surface area (Å²) in [5.41, 5.74) is 0. The van der Waals surface area contributed by atoms with E-state index in [1.54, 1.807) is 0 Å². The van der Waals surface area contributed by atoms with Gasteiger partial charge in [-0.05, 0) is 42.9 Å². The maximum atomic E-state index is 11.8. The second-order valence-corrected chi connectivity index (χ2v) is 14.2. The van der Waals surface area contributed by atoms with Gasteiger partial charge in [0, 0.05) is 18.7 Å². The molecule has 0 aromatic heterocycles. The van der Waals surface area contributed by atoms with Crippen molar-refractivity contribution in [2.75, 3.05) is 6.54 Å². The zero-order valence-electron chi connectivity index (χ0n) is 29.8. The van der Waals surface area contributed by atoms with Crippen molar-refractivity contribution in [1.29, 1.82) is 0 Å². The van der Waals surface area contributed by atoms with Crippen molar-refractivity contribution in [3.8, 4) is 0 Å². The molecule has 4 atom stereocenters. The maximum absolute atomic E-state index is 11.8. The monoisotopic (exact) mass is 602 g/mol. The number of unbranched alkanes of at least 4 members (excludes halogenated alkanes) is 16. The molecule has 4 unspecified atom stereocenters. The molecule has 0 spiro atoms. The standard InChI is InChI=1S/C40H75NO2/c1-6-10-13-18-24-30-37(35(5)28-22-15-12-8-3)38(31-25-19-14-11-7-2)36(27-9-4)29-23-20-16-17-21-26-34-41-39(42)32-33-40(41)43/h32-33,35-38H,6-31,34H2,1-5H3. The highest BCUT2D eigenvalue weighted by Crippen LogP contribution is 2.41. The van der Waals surface area contributed by atoms with Crippen LogP contribution in [0.2, 0.25) is 0 Å². The molecule has 0 aliphatic carbocycles. The van der Waals surface area contributed by atoms with Crippen molar-refractivity contribution < 1.29 is 9.59 Å². The Kier molecular flexibility index (Phi) is 25.3. The number of rotatable bonds is 31. The Bertz CT molecular complexity index is 683. The first-order chi connectivity index (χ1) is 21.0. The van der Waals surface area contributed by atoms with Gasteiger partial charge in [-0.3, -0.25) is 14.5 Å². The van der Waals surface area contributed by atoms with Crippen LogP contribution in [0.4, 0.5) is 0 Å². The van der Waals surface area contributed by atoms with Crippen molar-refractivity contribution in [2.24, 2.45) is 23.7 Å². The predicted molar refractivity (Wildman–Crippen MR) is 188 cm³/mol. The molecule has 0 saturated heterocycles. The van der Waals surface area contributed by atoms with Crippen molar-refractivity contribution in [3.05, 3.63) is 12.2 Å². The van der Waals surface area contributed by atoms with E-state index in [2.05, 4.69) is 34.6 Å². The van der Waals surface area contributed by atoms with Gasteiger partial charge in [0.1, 0.15) is 0 Å². The maximum Gasteiger partial charge on any atom is 0.253 e. The average Bonchev–Trinajstić information content (AvgIpc) is 3.32. The minimum Gasteiger partial charge on any atom is -0.275 e. The molecule has 1 rings (SSSR count). The molecule has 0 radical (unpaired) electrons. The quantitative estimate of drug-likeness (QED) is 0.0585. The van der Waals surface area contributed by atoms with Crippen LogP contribution in [0, 0.1) is 23.7 Å². The SMILES string of the molecule is CCCCCCCC(C(C)CCCCCC)C(CCCCCCC)C(CCC)CCCCCCCCN1C(=O)C=CC1=O. The molecule has 0 fully saturated rings. The Morgan fingerprint density at radius 2 is 0.884 bits per heavy atom. The van der Waals surface area contributed by atoms with E-state index in [1.165, 1.54) is 171 Å². The Hall–Kier alpha value is -1.12. The van der Waals surface area contributed by atoms with Gasteiger partial charge in [0.05, 0.1) is 0 Å². The van der Waals surface area contributed by atoms with E-state index in [4.69, 9.17) is 0 Å². The Labute approximate surface area is 269 Å². The van der Waals surface area contributed by atoms with Crippen LogP contribution in [0.1, 0.15) is 202 Å². The van der Waals surface area contributed by atoms with Crippen molar-refractivity contribution >= 4 is 11.8 Å². The Balaban J connectivity index is 2.73. The summed E-state index contributed by atoms with van der Waals surface area (Å²) in [7, 11) is 0. The first kappa shape index (κ1) is 39.9. The third-order valence-electron chi connectivity index (χ3n) is 10.4. The summed E-state index contributed by atoms with van der Waals surface area (Å²) in [6, 6.07) is 0. The number of nitrogens with zero attached hydrogens (tertiary/aromatic N) is 1. The van der Waals surface area contributed by atoms with E-state index in [-0.39, 0.29) is 11.8 Å². The fourth-order valence-corrected chi connectivity index (χ4v) is 7.77. The van der Waals surface area contributed by atoms with E-state index in [0.29, 0.717) is 6.54 Å². The number of imide groups is 1. The van der Waals surface area contributed by atoms with Gasteiger partial charge in [-0.15, -0.1) is 0 Å². The van der Waals surface area contributed by atoms with Crippen LogP contribution in [0.5, 0.6) is 0 Å². The molecule has 0 bridgehead atoms. The van der Waals surface area contributed by atoms with Gasteiger partial charge in [0.25, 0.3) is 11.8 Å². The summed E-state index contributed by atoms with van der Waals surface area (Å²) in [5, 5.41) is 0. The summed E-state index contributed by atoms with van der Waals surface area (Å²) >= 11 is 0. The van der Waals surface area contributed by atoms with Gasteiger partial charge in [0.15, 0.2) is 0 Å². The minimum absolute atomic E-state index is 0.138. The van der Waals surface area contributed by atoms with Crippen molar-refractivity contribution in [3.63, 3.8) is 0 Å². The average molecular weight is 602 g/mol. The number of hydrogen-bond donors (Lipinski definition) is 0. The van der Waals surface area contributed by atoms with Gasteiger partial charge < -0.3 is 0 Å². The van der Waals surface area contributed by atoms with Gasteiger partial charge in [-0.1, -0.05) is 182 Å². The first-order valence-electron chi connectivity index (χ1n) is 19.5. The number of hydrogen-bond acceptors (Lipinski definition) is 2. The van der Waals surface area contributed by atoms with Crippen LogP contribution in [0.3, 0.4) is 0 Å². The molecule has 3 heteroatoms. The number of carbonyl (C=O) groups excluding carboxylic acids is 2. The largest absolute Gasteiger partial charge is 0.275 e. The summed E-state index contributed by atoms with van der Waals surface area (Å²) in [5.74, 6) is 3.32. The lowest BCUT2D eigenvalue weighted by atomic mass is 9.67. The van der Waals surface area contributed by atoms with Crippen LogP contribution in [0.25, 0.3) is 0 Å². The Morgan fingerprint density at radius 1 is 0.465 bits per heavy atom. The Morgan fingerprint density at radius 3 is 1.42 bits per heavy atom. The van der Waals surface area contributed by atoms with Crippen LogP contribution < -0.4 is 0 Å². The summed E-state index contributed by atoms with van der Waals surface area (Å²) in [4.78, 5) is 24.9. The van der Waals surface area contributed by atoms with E-state index in [0.717, 1.165) is 36.5 Å². The van der Waals surface area contributed by atoms with Crippen LogP contribution in [0.15, 0.2) is 12.2 Å². The van der Waals surface area contributed by atoms with Crippen LogP contribution in [-0.4, -0.2) is 23.3 Å². The minimum atomic E-state index is -0.138. The molecule has 43 heavy (non-hydrogen) atoms. The second-order valence-electron chi connectivity index (χ2n) is 14.2. The molecule has 1 aliphatic rings. The third-order valence-corrected chi connectivity index (χ3v) is 10.4. The molecule has 0 saturated carbocycles. The highest BCUT2D eigenvalue weighted by atomic mass is 16.2. The molecule has 0 aromatic rings. The molecule has 2 amide bonds. The molecule has 1 heterocycles. The first-order valence-corrected chi connectivity index (χ1v) is 19.5. The molecule has 1 aliphatic heterocycles. The molecule has 3 nitrogen and oxygen atoms in total. The second kappa shape index (κ2) is 27.2. The van der Waals surface area contributed by atoms with E-state index >= 15 is 0 Å². The van der Waals surface area contributed by atoms with Gasteiger partial charge in [0.2, 0.25) is 0 Å². The van der Waals surface area contributed by atoms with Gasteiger partial charge in [-0.25, -0.2) is 0 Å². The van der Waals surface area contributed by atoms with E-state index in [1.807, 2.05) is 0 Å². The highest BCUT2D eigenvalue weighted by molar-refractivity contribution is 6.12. The molecule has 0 N–H and O–H groups in total. The van der Waals surface area contributed by atoms with Gasteiger partial charge >= 0.3 is 0 Å². The van der Waals surface area contributed by atoms with E-state index in [9.17, 15) is 9.59 Å². The summed E-state index contributed by atoms with van der Waals surface area (Å²) < 4.78 is 0. The summed E-state index contributed by atoms with van der Waals surface area (Å²) in [6.45, 7) is 12.6. The normalized spacial score (nSPS) is 16.3. The highest BCUT2D eigenvalue weighted by Gasteiger charge is 2.31. The lowest BCUT2D eigenvalue weighted by Gasteiger charge is -2.38. The topological polar surface area (TPSA) is 37.4 Å². The molecule has 0 aromatic carbocycles. The fourth-order valence-electron chi connectivity index (χ4n) is 7.77. The van der Waals surface area contributed by atoms with E-state index < -0.39 is 0 Å². The van der Waals surface area contributed by atoms with Crippen molar-refractivity contribution in [2.45, 2.75) is 202 Å². The van der Waals surface area contributed by atoms with Crippen molar-refractivity contribution in [1.82, 2.24) is 4.90 Å². The zero-order valence-corrected chi connectivity index (χ0v) is 29.8.